The first-order chi connectivity index (χ1) is 8.45. The van der Waals surface area contributed by atoms with Gasteiger partial charge in [-0.1, -0.05) is 23.7 Å². The van der Waals surface area contributed by atoms with Crippen LogP contribution in [0.3, 0.4) is 0 Å². The van der Waals surface area contributed by atoms with Gasteiger partial charge in [-0.3, -0.25) is 4.79 Å². The zero-order valence-corrected chi connectivity index (χ0v) is 12.2. The molecular formula is C14H21ClN2O. The molecule has 0 aliphatic carbocycles. The molecule has 1 N–H and O–H groups in total. The fourth-order valence-electron chi connectivity index (χ4n) is 1.72. The minimum atomic E-state index is -0.174. The predicted octanol–water partition coefficient (Wildman–Crippen LogP) is 2.68. The summed E-state index contributed by atoms with van der Waals surface area (Å²) in [5.41, 5.74) is 1.05. The fourth-order valence-corrected chi connectivity index (χ4v) is 1.93. The van der Waals surface area contributed by atoms with Gasteiger partial charge < -0.3 is 10.2 Å². The standard InChI is InChI=1S/C14H21ClN2O/c1-10(2)17(14(18)11(3)16-4)9-12-6-5-7-13(15)8-12/h5-8,10-11,16H,9H2,1-4H3. The van der Waals surface area contributed by atoms with Gasteiger partial charge in [-0.2, -0.15) is 0 Å². The van der Waals surface area contributed by atoms with Crippen LogP contribution < -0.4 is 5.32 Å². The molecule has 0 spiro atoms. The van der Waals surface area contributed by atoms with Gasteiger partial charge in [-0.25, -0.2) is 0 Å². The van der Waals surface area contributed by atoms with E-state index in [1.807, 2.05) is 49.9 Å². The zero-order valence-electron chi connectivity index (χ0n) is 11.4. The molecule has 1 atom stereocenters. The zero-order chi connectivity index (χ0) is 13.7. The number of likely N-dealkylation sites (N-methyl/N-ethyl adjacent to an activating group) is 1. The van der Waals surface area contributed by atoms with Crippen molar-refractivity contribution in [2.24, 2.45) is 0 Å². The molecular weight excluding hydrogens is 248 g/mol. The SMILES string of the molecule is CNC(C)C(=O)N(Cc1cccc(Cl)c1)C(C)C. The fraction of sp³-hybridized carbons (Fsp3) is 0.500. The third-order valence-electron chi connectivity index (χ3n) is 2.95. The van der Waals surface area contributed by atoms with Crippen LogP contribution in [-0.4, -0.2) is 29.9 Å². The predicted molar refractivity (Wildman–Crippen MR) is 75.7 cm³/mol. The quantitative estimate of drug-likeness (QED) is 0.891. The molecule has 0 aliphatic heterocycles. The second-order valence-corrected chi connectivity index (χ2v) is 5.14. The summed E-state index contributed by atoms with van der Waals surface area (Å²) in [5.74, 6) is 0.104. The van der Waals surface area contributed by atoms with Crippen molar-refractivity contribution in [3.05, 3.63) is 34.9 Å². The topological polar surface area (TPSA) is 32.3 Å². The highest BCUT2D eigenvalue weighted by atomic mass is 35.5. The van der Waals surface area contributed by atoms with Crippen molar-refractivity contribution < 1.29 is 4.79 Å². The molecule has 0 fully saturated rings. The number of nitrogens with one attached hydrogen (secondary N) is 1. The molecule has 1 rings (SSSR count). The summed E-state index contributed by atoms with van der Waals surface area (Å²) in [7, 11) is 1.79. The van der Waals surface area contributed by atoms with E-state index in [0.717, 1.165) is 5.56 Å². The normalized spacial score (nSPS) is 12.6. The molecule has 1 aromatic carbocycles. The molecule has 0 bridgehead atoms. The molecule has 18 heavy (non-hydrogen) atoms. The monoisotopic (exact) mass is 268 g/mol. The Hall–Kier alpha value is -1.06. The number of nitrogens with zero attached hydrogens (tertiary/aromatic N) is 1. The van der Waals surface area contributed by atoms with E-state index in [9.17, 15) is 4.79 Å². The average molecular weight is 269 g/mol. The van der Waals surface area contributed by atoms with Crippen molar-refractivity contribution in [3.8, 4) is 0 Å². The van der Waals surface area contributed by atoms with Crippen molar-refractivity contribution in [1.29, 1.82) is 0 Å². The lowest BCUT2D eigenvalue weighted by atomic mass is 10.1. The summed E-state index contributed by atoms with van der Waals surface area (Å²) >= 11 is 5.96. The maximum atomic E-state index is 12.2. The number of hydrogen-bond acceptors (Lipinski definition) is 2. The Kier molecular flexibility index (Phi) is 5.63. The number of carbonyl (C=O) groups is 1. The van der Waals surface area contributed by atoms with Gasteiger partial charge in [-0.15, -0.1) is 0 Å². The van der Waals surface area contributed by atoms with Crippen LogP contribution in [0.1, 0.15) is 26.3 Å². The summed E-state index contributed by atoms with van der Waals surface area (Å²) in [4.78, 5) is 14.1. The lowest BCUT2D eigenvalue weighted by Gasteiger charge is -2.29. The van der Waals surface area contributed by atoms with Crippen LogP contribution in [0.5, 0.6) is 0 Å². The van der Waals surface area contributed by atoms with Crippen molar-refractivity contribution in [3.63, 3.8) is 0 Å². The highest BCUT2D eigenvalue weighted by molar-refractivity contribution is 6.30. The Morgan fingerprint density at radius 2 is 2.06 bits per heavy atom. The molecule has 0 aliphatic rings. The number of amides is 1. The number of carbonyl (C=O) groups excluding carboxylic acids is 1. The average Bonchev–Trinajstić information content (AvgIpc) is 2.34. The first-order valence-electron chi connectivity index (χ1n) is 6.18. The minimum absolute atomic E-state index is 0.104. The molecule has 1 aromatic rings. The van der Waals surface area contributed by atoms with Gasteiger partial charge in [0.25, 0.3) is 0 Å². The van der Waals surface area contributed by atoms with E-state index in [1.54, 1.807) is 7.05 Å². The third-order valence-corrected chi connectivity index (χ3v) is 3.19. The van der Waals surface area contributed by atoms with Crippen LogP contribution in [0.25, 0.3) is 0 Å². The molecule has 0 aromatic heterocycles. The molecule has 4 heteroatoms. The molecule has 1 unspecified atom stereocenters. The maximum absolute atomic E-state index is 12.2. The van der Waals surface area contributed by atoms with E-state index < -0.39 is 0 Å². The van der Waals surface area contributed by atoms with E-state index in [-0.39, 0.29) is 18.0 Å². The maximum Gasteiger partial charge on any atom is 0.239 e. The van der Waals surface area contributed by atoms with Crippen LogP contribution in [-0.2, 0) is 11.3 Å². The van der Waals surface area contributed by atoms with Gasteiger partial charge in [0.15, 0.2) is 0 Å². The Morgan fingerprint density at radius 3 is 2.56 bits per heavy atom. The van der Waals surface area contributed by atoms with Gasteiger partial charge in [0.1, 0.15) is 0 Å². The Labute approximate surface area is 114 Å². The van der Waals surface area contributed by atoms with E-state index in [4.69, 9.17) is 11.6 Å². The molecule has 1 amide bonds. The Bertz CT molecular complexity index is 407. The Balaban J connectivity index is 2.84. The van der Waals surface area contributed by atoms with E-state index >= 15 is 0 Å². The molecule has 0 saturated carbocycles. The smallest absolute Gasteiger partial charge is 0.239 e. The van der Waals surface area contributed by atoms with Crippen LogP contribution in [0.2, 0.25) is 5.02 Å². The van der Waals surface area contributed by atoms with Crippen LogP contribution in [0, 0.1) is 0 Å². The highest BCUT2D eigenvalue weighted by Crippen LogP contribution is 2.15. The lowest BCUT2D eigenvalue weighted by Crippen LogP contribution is -2.46. The Morgan fingerprint density at radius 1 is 1.39 bits per heavy atom. The van der Waals surface area contributed by atoms with Crippen molar-refractivity contribution >= 4 is 17.5 Å². The largest absolute Gasteiger partial charge is 0.335 e. The van der Waals surface area contributed by atoms with Crippen LogP contribution in [0.4, 0.5) is 0 Å². The third kappa shape index (κ3) is 4.00. The van der Waals surface area contributed by atoms with Crippen LogP contribution in [0.15, 0.2) is 24.3 Å². The second-order valence-electron chi connectivity index (χ2n) is 4.70. The van der Waals surface area contributed by atoms with Gasteiger partial charge in [0.05, 0.1) is 6.04 Å². The van der Waals surface area contributed by atoms with Gasteiger partial charge in [0.2, 0.25) is 5.91 Å². The van der Waals surface area contributed by atoms with Crippen LogP contribution >= 0.6 is 11.6 Å². The number of halogens is 1. The van der Waals surface area contributed by atoms with E-state index in [2.05, 4.69) is 5.32 Å². The molecule has 0 radical (unpaired) electrons. The summed E-state index contributed by atoms with van der Waals surface area (Å²) in [6, 6.07) is 7.61. The minimum Gasteiger partial charge on any atom is -0.335 e. The summed E-state index contributed by atoms with van der Waals surface area (Å²) in [5, 5.41) is 3.68. The number of hydrogen-bond donors (Lipinski definition) is 1. The first kappa shape index (κ1) is 15.0. The van der Waals surface area contributed by atoms with Crippen molar-refractivity contribution in [1.82, 2.24) is 10.2 Å². The van der Waals surface area contributed by atoms with Crippen molar-refractivity contribution in [2.75, 3.05) is 7.05 Å². The van der Waals surface area contributed by atoms with Gasteiger partial charge >= 0.3 is 0 Å². The molecule has 3 nitrogen and oxygen atoms in total. The highest BCUT2D eigenvalue weighted by Gasteiger charge is 2.21. The number of benzene rings is 1. The van der Waals surface area contributed by atoms with E-state index in [0.29, 0.717) is 11.6 Å². The molecule has 0 saturated heterocycles. The first-order valence-corrected chi connectivity index (χ1v) is 6.55. The van der Waals surface area contributed by atoms with Gasteiger partial charge in [-0.05, 0) is 45.5 Å². The number of rotatable bonds is 5. The summed E-state index contributed by atoms with van der Waals surface area (Å²) in [6.07, 6.45) is 0. The van der Waals surface area contributed by atoms with E-state index in [1.165, 1.54) is 0 Å². The lowest BCUT2D eigenvalue weighted by molar-refractivity contribution is -0.135. The second kappa shape index (κ2) is 6.76. The molecule has 100 valence electrons. The summed E-state index contributed by atoms with van der Waals surface area (Å²) < 4.78 is 0. The van der Waals surface area contributed by atoms with Crippen molar-refractivity contribution in [2.45, 2.75) is 39.4 Å². The van der Waals surface area contributed by atoms with Gasteiger partial charge in [0, 0.05) is 17.6 Å². The summed E-state index contributed by atoms with van der Waals surface area (Å²) in [6.45, 7) is 6.49. The molecule has 0 heterocycles.